The van der Waals surface area contributed by atoms with Crippen molar-refractivity contribution < 1.29 is 4.79 Å². The van der Waals surface area contributed by atoms with Gasteiger partial charge in [0.1, 0.15) is 8.07 Å². The Morgan fingerprint density at radius 1 is 0.893 bits per heavy atom. The average Bonchev–Trinajstić information content (AvgIpc) is 2.63. The fraction of sp³-hybridized carbons (Fsp3) is 0.240. The summed E-state index contributed by atoms with van der Waals surface area (Å²) in [6, 6.07) is 13.5. The third-order valence-corrected chi connectivity index (χ3v) is 9.57. The van der Waals surface area contributed by atoms with Crippen LogP contribution in [0.1, 0.15) is 22.3 Å². The molecule has 2 nitrogen and oxygen atoms in total. The molecule has 0 amide bonds. The second kappa shape index (κ2) is 6.45. The molecular weight excluding hydrogens is 358 g/mol. The van der Waals surface area contributed by atoms with Gasteiger partial charge in [-0.15, -0.1) is 0 Å². The summed E-state index contributed by atoms with van der Waals surface area (Å²) in [6.07, 6.45) is 5.65. The van der Waals surface area contributed by atoms with Crippen LogP contribution in [0, 0.1) is 13.8 Å². The van der Waals surface area contributed by atoms with Crippen LogP contribution in [-0.4, -0.2) is 28.0 Å². The van der Waals surface area contributed by atoms with Gasteiger partial charge in [0.15, 0.2) is 5.78 Å². The Labute approximate surface area is 168 Å². The van der Waals surface area contributed by atoms with Crippen LogP contribution in [-0.2, 0) is 4.79 Å². The van der Waals surface area contributed by atoms with Gasteiger partial charge in [-0.05, 0) is 76.4 Å². The van der Waals surface area contributed by atoms with Gasteiger partial charge in [0.25, 0.3) is 0 Å². The number of fused-ring (bicyclic) bond motifs is 2. The minimum absolute atomic E-state index is 0.103. The minimum atomic E-state index is -1.99. The number of anilines is 1. The third kappa shape index (κ3) is 2.82. The van der Waals surface area contributed by atoms with Crippen molar-refractivity contribution in [3.8, 4) is 0 Å². The second-order valence-electron chi connectivity index (χ2n) is 8.65. The van der Waals surface area contributed by atoms with Gasteiger partial charge >= 0.3 is 0 Å². The first kappa shape index (κ1) is 18.7. The van der Waals surface area contributed by atoms with Crippen molar-refractivity contribution in [1.82, 2.24) is 0 Å². The predicted molar refractivity (Wildman–Crippen MR) is 122 cm³/mol. The van der Waals surface area contributed by atoms with Crippen LogP contribution in [0.5, 0.6) is 0 Å². The number of carbonyl (C=O) groups is 1. The Morgan fingerprint density at radius 3 is 2.29 bits per heavy atom. The molecule has 0 radical (unpaired) electrons. The third-order valence-electron chi connectivity index (χ3n) is 6.05. The highest BCUT2D eigenvalue weighted by molar-refractivity contribution is 6.98. The number of hydrogen-bond acceptors (Lipinski definition) is 2. The van der Waals surface area contributed by atoms with E-state index in [1.54, 1.807) is 6.08 Å². The zero-order valence-corrected chi connectivity index (χ0v) is 18.6. The van der Waals surface area contributed by atoms with Crippen molar-refractivity contribution in [3.63, 3.8) is 0 Å². The van der Waals surface area contributed by atoms with E-state index in [2.05, 4.69) is 82.3 Å². The molecule has 0 fully saturated rings. The molecule has 2 aromatic carbocycles. The summed E-state index contributed by atoms with van der Waals surface area (Å²) in [4.78, 5) is 14.4. The first-order valence-electron chi connectivity index (χ1n) is 9.79. The molecule has 2 aromatic rings. The monoisotopic (exact) mass is 385 g/mol. The van der Waals surface area contributed by atoms with Crippen molar-refractivity contribution in [2.24, 2.45) is 0 Å². The van der Waals surface area contributed by atoms with E-state index in [4.69, 9.17) is 0 Å². The maximum atomic E-state index is 12.3. The molecule has 0 spiro atoms. The average molecular weight is 386 g/mol. The molecule has 3 heteroatoms. The Bertz CT molecular complexity index is 1100. The van der Waals surface area contributed by atoms with Gasteiger partial charge in [0, 0.05) is 19.8 Å². The molecule has 4 rings (SSSR count). The van der Waals surface area contributed by atoms with E-state index >= 15 is 0 Å². The van der Waals surface area contributed by atoms with Gasteiger partial charge in [-0.1, -0.05) is 49.0 Å². The molecule has 1 aliphatic carbocycles. The number of aryl methyl sites for hydroxylation is 2. The van der Waals surface area contributed by atoms with Crippen LogP contribution >= 0.6 is 0 Å². The largest absolute Gasteiger partial charge is 0.378 e. The van der Waals surface area contributed by atoms with Gasteiger partial charge < -0.3 is 4.90 Å². The van der Waals surface area contributed by atoms with Crippen molar-refractivity contribution in [2.45, 2.75) is 26.9 Å². The Balaban J connectivity index is 2.10. The number of rotatable bonds is 2. The number of ketones is 1. The quantitative estimate of drug-likeness (QED) is 0.698. The molecule has 142 valence electrons. The molecule has 0 bridgehead atoms. The second-order valence-corrected chi connectivity index (χ2v) is 13.0. The fourth-order valence-corrected chi connectivity index (χ4v) is 7.54. The fourth-order valence-electron chi connectivity index (χ4n) is 4.48. The molecule has 0 saturated carbocycles. The van der Waals surface area contributed by atoms with Crippen LogP contribution in [0.25, 0.3) is 5.57 Å². The van der Waals surface area contributed by atoms with Crippen molar-refractivity contribution in [2.75, 3.05) is 19.0 Å². The first-order chi connectivity index (χ1) is 13.2. The molecule has 28 heavy (non-hydrogen) atoms. The van der Waals surface area contributed by atoms with Crippen LogP contribution < -0.4 is 10.1 Å². The summed E-state index contributed by atoms with van der Waals surface area (Å²) in [6.45, 7) is 9.04. The molecule has 0 saturated heterocycles. The summed E-state index contributed by atoms with van der Waals surface area (Å²) in [5.74, 6) is 0.103. The molecule has 0 N–H and O–H groups in total. The first-order valence-corrected chi connectivity index (χ1v) is 12.8. The van der Waals surface area contributed by atoms with Gasteiger partial charge in [0.05, 0.1) is 0 Å². The number of allylic oxidation sites excluding steroid dienone is 5. The predicted octanol–water partition coefficient (Wildman–Crippen LogP) is 4.70. The molecule has 0 atom stereocenters. The van der Waals surface area contributed by atoms with Crippen molar-refractivity contribution in [3.05, 3.63) is 87.6 Å². The van der Waals surface area contributed by atoms with E-state index in [-0.39, 0.29) is 5.78 Å². The van der Waals surface area contributed by atoms with Crippen molar-refractivity contribution >= 4 is 30.3 Å². The Morgan fingerprint density at radius 2 is 1.61 bits per heavy atom. The summed E-state index contributed by atoms with van der Waals surface area (Å²) in [5.41, 5.74) is 8.82. The lowest BCUT2D eigenvalue weighted by Crippen LogP contribution is -2.49. The summed E-state index contributed by atoms with van der Waals surface area (Å²) < 4.78 is 0. The summed E-state index contributed by atoms with van der Waals surface area (Å²) in [5, 5.41) is 2.66. The van der Waals surface area contributed by atoms with Crippen LogP contribution in [0.3, 0.4) is 0 Å². The van der Waals surface area contributed by atoms with Crippen LogP contribution in [0.15, 0.2) is 65.4 Å². The maximum absolute atomic E-state index is 12.3. The van der Waals surface area contributed by atoms with Gasteiger partial charge in [-0.3, -0.25) is 4.79 Å². The lowest BCUT2D eigenvalue weighted by molar-refractivity contribution is -0.110. The van der Waals surface area contributed by atoms with Gasteiger partial charge in [0.2, 0.25) is 0 Å². The van der Waals surface area contributed by atoms with E-state index in [9.17, 15) is 4.79 Å². The van der Waals surface area contributed by atoms with Crippen LogP contribution in [0.4, 0.5) is 5.69 Å². The smallest absolute Gasteiger partial charge is 0.178 e. The number of carbonyl (C=O) groups excluding carboxylic acids is 1. The summed E-state index contributed by atoms with van der Waals surface area (Å²) >= 11 is 0. The SMILES string of the molecule is Cc1ccc(C2=C3C=CC(=O)C=C3[Si](C)(C)c3cc(N(C)C)ccc32)c(C)c1. The number of benzene rings is 2. The molecule has 1 aliphatic heterocycles. The highest BCUT2D eigenvalue weighted by Crippen LogP contribution is 2.42. The van der Waals surface area contributed by atoms with E-state index in [0.29, 0.717) is 0 Å². The zero-order chi connectivity index (χ0) is 20.2. The Hall–Kier alpha value is -2.65. The number of nitrogens with zero attached hydrogens (tertiary/aromatic N) is 1. The minimum Gasteiger partial charge on any atom is -0.378 e. The van der Waals surface area contributed by atoms with Gasteiger partial charge in [-0.2, -0.15) is 0 Å². The lowest BCUT2D eigenvalue weighted by atomic mass is 9.87. The maximum Gasteiger partial charge on any atom is 0.178 e. The highest BCUT2D eigenvalue weighted by atomic mass is 28.3. The van der Waals surface area contributed by atoms with E-state index in [1.807, 2.05) is 12.2 Å². The molecule has 0 unspecified atom stereocenters. The van der Waals surface area contributed by atoms with Crippen LogP contribution in [0.2, 0.25) is 13.1 Å². The lowest BCUT2D eigenvalue weighted by Gasteiger charge is -2.38. The summed E-state index contributed by atoms with van der Waals surface area (Å²) in [7, 11) is 2.17. The zero-order valence-electron chi connectivity index (χ0n) is 17.6. The molecular formula is C25H27NOSi. The highest BCUT2D eigenvalue weighted by Gasteiger charge is 2.40. The van der Waals surface area contributed by atoms with Crippen molar-refractivity contribution in [1.29, 1.82) is 0 Å². The number of hydrogen-bond donors (Lipinski definition) is 0. The normalized spacial score (nSPS) is 17.2. The molecule has 1 heterocycles. The topological polar surface area (TPSA) is 20.3 Å². The van der Waals surface area contributed by atoms with E-state index < -0.39 is 8.07 Å². The molecule has 2 aliphatic rings. The van der Waals surface area contributed by atoms with E-state index in [0.717, 1.165) is 0 Å². The van der Waals surface area contributed by atoms with E-state index in [1.165, 1.54) is 49.5 Å². The Kier molecular flexibility index (Phi) is 4.31. The van der Waals surface area contributed by atoms with Gasteiger partial charge in [-0.25, -0.2) is 0 Å². The molecule has 0 aromatic heterocycles. The standard InChI is InChI=1S/C25H27NOSi/c1-16-7-10-20(17(2)13-16)25-21-11-8-18(26(3)4)14-23(21)28(5,6)24-15-19(27)9-12-22(24)25/h7-15H,1-6H3.